The number of piperidine rings is 1. The molecule has 5 N–H and O–H groups in total. The zero-order valence-electron chi connectivity index (χ0n) is 24.7. The summed E-state index contributed by atoms with van der Waals surface area (Å²) in [6.07, 6.45) is 0.149. The number of alkyl halides is 3. The Hall–Kier alpha value is -4.39. The van der Waals surface area contributed by atoms with E-state index in [4.69, 9.17) is 15.6 Å². The van der Waals surface area contributed by atoms with E-state index in [1.165, 1.54) is 0 Å². The van der Waals surface area contributed by atoms with Gasteiger partial charge in [0.05, 0.1) is 11.8 Å². The summed E-state index contributed by atoms with van der Waals surface area (Å²) >= 11 is 0. The van der Waals surface area contributed by atoms with Crippen LogP contribution in [-0.2, 0) is 9.59 Å². The molecule has 0 bridgehead atoms. The van der Waals surface area contributed by atoms with E-state index in [0.717, 1.165) is 50.0 Å². The fourth-order valence-electron chi connectivity index (χ4n) is 4.81. The molecule has 238 valence electrons. The molecule has 2 aromatic carbocycles. The molecule has 2 aliphatic heterocycles. The Bertz CT molecular complexity index is 1380. The Kier molecular flexibility index (Phi) is 11.9. The van der Waals surface area contributed by atoms with Crippen molar-refractivity contribution >= 4 is 46.8 Å². The fourth-order valence-corrected chi connectivity index (χ4v) is 4.81. The maximum absolute atomic E-state index is 13.2. The number of hydrogen-bond donors (Lipinski definition) is 4. The van der Waals surface area contributed by atoms with Gasteiger partial charge in [0.1, 0.15) is 5.84 Å². The van der Waals surface area contributed by atoms with Gasteiger partial charge in [-0.25, -0.2) is 9.79 Å². The van der Waals surface area contributed by atoms with Gasteiger partial charge in [0.25, 0.3) is 5.91 Å². The summed E-state index contributed by atoms with van der Waals surface area (Å²) in [4.78, 5) is 43.7. The van der Waals surface area contributed by atoms with E-state index in [9.17, 15) is 27.9 Å². The van der Waals surface area contributed by atoms with Gasteiger partial charge in [0.2, 0.25) is 5.91 Å². The molecule has 0 spiro atoms. The zero-order valence-corrected chi connectivity index (χ0v) is 24.7. The second-order valence-electron chi connectivity index (χ2n) is 10.5. The molecule has 2 aromatic rings. The highest BCUT2D eigenvalue weighted by molar-refractivity contribution is 6.08. The van der Waals surface area contributed by atoms with Crippen LogP contribution in [0, 0.1) is 0 Å². The highest BCUT2D eigenvalue weighted by Gasteiger charge is 2.38. The molecule has 44 heavy (non-hydrogen) atoms. The molecule has 0 radical (unpaired) electrons. The van der Waals surface area contributed by atoms with Gasteiger partial charge in [-0.15, -0.1) is 0 Å². The topological polar surface area (TPSA) is 149 Å². The number of aliphatic hydroxyl groups excluding tert-OH is 1. The van der Waals surface area contributed by atoms with Crippen LogP contribution < -0.4 is 16.0 Å². The first-order chi connectivity index (χ1) is 20.8. The molecular formula is C31H38F3N5O5. The third kappa shape index (κ3) is 9.56. The van der Waals surface area contributed by atoms with Gasteiger partial charge in [0.15, 0.2) is 0 Å². The van der Waals surface area contributed by atoms with Crippen molar-refractivity contribution in [1.82, 2.24) is 4.90 Å². The van der Waals surface area contributed by atoms with Gasteiger partial charge in [0, 0.05) is 60.7 Å². The SMILES string of the molecule is CCCN(CCC)C(=O)C1=Cc2ccc(C(=O)Nc3ccc(N4CCC(O)CC4)cc3)cc2N=C(N)C1.O=C(O)C(F)(F)F. The lowest BCUT2D eigenvalue weighted by atomic mass is 10.0. The van der Waals surface area contributed by atoms with Crippen LogP contribution in [0.5, 0.6) is 0 Å². The molecule has 4 rings (SSSR count). The van der Waals surface area contributed by atoms with Crippen LogP contribution in [0.3, 0.4) is 0 Å². The zero-order chi connectivity index (χ0) is 32.4. The smallest absolute Gasteiger partial charge is 0.475 e. The summed E-state index contributed by atoms with van der Waals surface area (Å²) in [5.41, 5.74) is 10.4. The molecule has 0 atom stereocenters. The van der Waals surface area contributed by atoms with E-state index in [1.807, 2.05) is 41.3 Å². The Balaban J connectivity index is 0.000000676. The van der Waals surface area contributed by atoms with E-state index in [-0.39, 0.29) is 24.3 Å². The summed E-state index contributed by atoms with van der Waals surface area (Å²) < 4.78 is 31.7. The molecule has 2 amide bonds. The van der Waals surface area contributed by atoms with Crippen molar-refractivity contribution in [3.05, 3.63) is 59.2 Å². The number of nitrogens with two attached hydrogens (primary N) is 1. The minimum atomic E-state index is -5.08. The quantitative estimate of drug-likeness (QED) is 0.327. The number of nitrogens with one attached hydrogen (secondary N) is 1. The molecule has 1 saturated heterocycles. The van der Waals surface area contributed by atoms with Gasteiger partial charge in [-0.3, -0.25) is 9.59 Å². The average Bonchev–Trinajstić information content (AvgIpc) is 3.14. The third-order valence-corrected chi connectivity index (χ3v) is 7.00. The van der Waals surface area contributed by atoms with E-state index in [2.05, 4.69) is 29.1 Å². The number of carbonyl (C=O) groups is 3. The van der Waals surface area contributed by atoms with Crippen molar-refractivity contribution in [3.63, 3.8) is 0 Å². The second kappa shape index (κ2) is 15.4. The number of anilines is 2. The number of carboxylic acids is 1. The number of amides is 2. The first kappa shape index (κ1) is 34.1. The van der Waals surface area contributed by atoms with Crippen molar-refractivity contribution in [1.29, 1.82) is 0 Å². The number of carbonyl (C=O) groups excluding carboxylic acids is 2. The van der Waals surface area contributed by atoms with Crippen molar-refractivity contribution in [2.45, 2.75) is 58.2 Å². The number of aliphatic imine (C=N–C) groups is 1. The Labute approximate surface area is 254 Å². The number of hydrogen-bond acceptors (Lipinski definition) is 7. The molecule has 0 aromatic heterocycles. The van der Waals surface area contributed by atoms with Gasteiger partial charge in [-0.2, -0.15) is 13.2 Å². The minimum absolute atomic E-state index is 0.0132. The normalized spacial score (nSPS) is 15.1. The number of halogens is 3. The minimum Gasteiger partial charge on any atom is -0.475 e. The van der Waals surface area contributed by atoms with Crippen LogP contribution in [0.1, 0.15) is 61.9 Å². The maximum Gasteiger partial charge on any atom is 0.490 e. The van der Waals surface area contributed by atoms with E-state index in [1.54, 1.807) is 12.1 Å². The largest absolute Gasteiger partial charge is 0.490 e. The number of fused-ring (bicyclic) bond motifs is 1. The number of benzene rings is 2. The van der Waals surface area contributed by atoms with Gasteiger partial charge in [-0.05, 0) is 68.2 Å². The molecule has 2 heterocycles. The highest BCUT2D eigenvalue weighted by Crippen LogP contribution is 2.29. The summed E-state index contributed by atoms with van der Waals surface area (Å²) in [7, 11) is 0. The molecule has 10 nitrogen and oxygen atoms in total. The summed E-state index contributed by atoms with van der Waals surface area (Å²) in [6, 6.07) is 13.0. The van der Waals surface area contributed by atoms with Crippen molar-refractivity contribution in [2.75, 3.05) is 36.4 Å². The van der Waals surface area contributed by atoms with Crippen molar-refractivity contribution in [3.8, 4) is 0 Å². The monoisotopic (exact) mass is 617 g/mol. The number of carboxylic acid groups (broad SMARTS) is 1. The van der Waals surface area contributed by atoms with Crippen LogP contribution in [0.2, 0.25) is 0 Å². The van der Waals surface area contributed by atoms with E-state index < -0.39 is 12.1 Å². The molecule has 1 fully saturated rings. The number of amidine groups is 1. The first-order valence-electron chi connectivity index (χ1n) is 14.4. The fraction of sp³-hybridized carbons (Fsp3) is 0.419. The Morgan fingerprint density at radius 1 is 1.05 bits per heavy atom. The first-order valence-corrected chi connectivity index (χ1v) is 14.4. The van der Waals surface area contributed by atoms with E-state index in [0.29, 0.717) is 41.4 Å². The van der Waals surface area contributed by atoms with Crippen LogP contribution in [0.25, 0.3) is 6.08 Å². The Morgan fingerprint density at radius 2 is 1.64 bits per heavy atom. The van der Waals surface area contributed by atoms with Crippen LogP contribution in [-0.4, -0.2) is 77.2 Å². The molecule has 0 aliphatic carbocycles. The van der Waals surface area contributed by atoms with Crippen molar-refractivity contribution < 1.29 is 37.8 Å². The predicted octanol–water partition coefficient (Wildman–Crippen LogP) is 4.96. The molecule has 0 saturated carbocycles. The lowest BCUT2D eigenvalue weighted by molar-refractivity contribution is -0.192. The summed E-state index contributed by atoms with van der Waals surface area (Å²) in [5, 5.41) is 19.8. The van der Waals surface area contributed by atoms with E-state index >= 15 is 0 Å². The number of rotatable bonds is 8. The van der Waals surface area contributed by atoms with Crippen LogP contribution in [0.4, 0.5) is 30.2 Å². The van der Waals surface area contributed by atoms with Crippen LogP contribution in [0.15, 0.2) is 53.0 Å². The standard InChI is InChI=1S/C29H37N5O3.C2HF3O2/c1-3-13-34(14-4-2)29(37)22-17-20-5-6-21(18-26(20)32-27(30)19-22)28(36)31-23-7-9-24(10-8-23)33-15-11-25(35)12-16-33;3-2(4,5)1(6)7/h5-10,17-18,25,35H,3-4,11-16,19H2,1-2H3,(H2,30,32)(H,31,36);(H,6,7). The lowest BCUT2D eigenvalue weighted by Gasteiger charge is -2.31. The number of aliphatic hydroxyl groups is 1. The molecule has 2 aliphatic rings. The number of aliphatic carboxylic acids is 1. The van der Waals surface area contributed by atoms with Gasteiger partial charge < -0.3 is 31.1 Å². The number of nitrogens with zero attached hydrogens (tertiary/aromatic N) is 3. The molecular weight excluding hydrogens is 579 g/mol. The molecule has 13 heteroatoms. The molecule has 0 unspecified atom stereocenters. The van der Waals surface area contributed by atoms with Crippen molar-refractivity contribution in [2.24, 2.45) is 10.7 Å². The lowest BCUT2D eigenvalue weighted by Crippen LogP contribution is -2.35. The van der Waals surface area contributed by atoms with Crippen LogP contribution >= 0.6 is 0 Å². The van der Waals surface area contributed by atoms with Gasteiger partial charge in [-0.1, -0.05) is 19.9 Å². The third-order valence-electron chi connectivity index (χ3n) is 7.00. The summed E-state index contributed by atoms with van der Waals surface area (Å²) in [5.74, 6) is -2.66. The van der Waals surface area contributed by atoms with Gasteiger partial charge >= 0.3 is 12.1 Å². The Morgan fingerprint density at radius 3 is 2.18 bits per heavy atom. The predicted molar refractivity (Wildman–Crippen MR) is 163 cm³/mol. The highest BCUT2D eigenvalue weighted by atomic mass is 19.4. The second-order valence-corrected chi connectivity index (χ2v) is 10.5. The maximum atomic E-state index is 13.2. The average molecular weight is 618 g/mol. The summed E-state index contributed by atoms with van der Waals surface area (Å²) in [6.45, 7) is 7.17.